The zero-order chi connectivity index (χ0) is 11.4. The predicted molar refractivity (Wildman–Crippen MR) is 62.0 cm³/mol. The number of hydrogen-bond donors (Lipinski definition) is 0. The van der Waals surface area contributed by atoms with Gasteiger partial charge in [0.1, 0.15) is 10.2 Å². The first-order chi connectivity index (χ1) is 7.04. The van der Waals surface area contributed by atoms with Crippen molar-refractivity contribution in [3.05, 3.63) is 21.3 Å². The summed E-state index contributed by atoms with van der Waals surface area (Å²) in [5.74, 6) is -0.231. The van der Waals surface area contributed by atoms with E-state index in [9.17, 15) is 4.79 Å². The molecule has 0 saturated heterocycles. The maximum absolute atomic E-state index is 10.9. The number of carbonyl (C=O) groups excluding carboxylic acids is 1. The molecule has 1 aromatic heterocycles. The number of aromatic nitrogens is 1. The molecule has 0 aliphatic rings. The number of carbonyl (C=O) groups is 1. The van der Waals surface area contributed by atoms with Crippen LogP contribution in [-0.4, -0.2) is 23.8 Å². The molecule has 7 heteroatoms. The molecule has 0 saturated carbocycles. The molecule has 3 nitrogen and oxygen atoms in total. The van der Waals surface area contributed by atoms with Crippen molar-refractivity contribution in [1.29, 1.82) is 0 Å². The van der Waals surface area contributed by atoms with Gasteiger partial charge in [-0.15, -0.1) is 0 Å². The summed E-state index contributed by atoms with van der Waals surface area (Å²) in [6, 6.07) is 1.48. The Bertz CT molecular complexity index is 386. The summed E-state index contributed by atoms with van der Waals surface area (Å²) in [5.41, 5.74) is 0. The van der Waals surface area contributed by atoms with Crippen molar-refractivity contribution in [3.63, 3.8) is 0 Å². The van der Waals surface area contributed by atoms with E-state index in [2.05, 4.69) is 9.72 Å². The Morgan fingerprint density at radius 3 is 2.73 bits per heavy atom. The molecule has 0 unspecified atom stereocenters. The molecular formula is C8H6Cl3NO2S. The lowest BCUT2D eigenvalue weighted by Crippen LogP contribution is -2.03. The lowest BCUT2D eigenvalue weighted by atomic mass is 10.5. The number of halogens is 3. The van der Waals surface area contributed by atoms with Gasteiger partial charge in [0.05, 0.1) is 22.9 Å². The second-order valence-electron chi connectivity index (χ2n) is 2.41. The van der Waals surface area contributed by atoms with Crippen LogP contribution in [0.2, 0.25) is 15.2 Å². The van der Waals surface area contributed by atoms with Gasteiger partial charge in [0.2, 0.25) is 0 Å². The van der Waals surface area contributed by atoms with Crippen molar-refractivity contribution >= 4 is 52.5 Å². The van der Waals surface area contributed by atoms with Gasteiger partial charge in [0.25, 0.3) is 0 Å². The first kappa shape index (κ1) is 12.9. The van der Waals surface area contributed by atoms with E-state index in [4.69, 9.17) is 34.8 Å². The molecular weight excluding hydrogens is 281 g/mol. The monoisotopic (exact) mass is 285 g/mol. The first-order valence-electron chi connectivity index (χ1n) is 3.75. The zero-order valence-electron chi connectivity index (χ0n) is 7.59. The minimum atomic E-state index is -0.357. The molecule has 0 aromatic carbocycles. The number of rotatable bonds is 3. The molecule has 0 atom stereocenters. The molecule has 1 heterocycles. The van der Waals surface area contributed by atoms with E-state index in [1.165, 1.54) is 13.2 Å². The van der Waals surface area contributed by atoms with Gasteiger partial charge in [0, 0.05) is 0 Å². The third-order valence-electron chi connectivity index (χ3n) is 1.41. The van der Waals surface area contributed by atoms with Crippen LogP contribution in [0, 0.1) is 0 Å². The number of ether oxygens (including phenoxy) is 1. The summed E-state index contributed by atoms with van der Waals surface area (Å²) in [6.45, 7) is 0. The average molecular weight is 287 g/mol. The van der Waals surface area contributed by atoms with Gasteiger partial charge in [0.15, 0.2) is 0 Å². The first-order valence-corrected chi connectivity index (χ1v) is 5.87. The highest BCUT2D eigenvalue weighted by atomic mass is 35.5. The number of methoxy groups -OCH3 is 1. The van der Waals surface area contributed by atoms with E-state index in [1.807, 2.05) is 0 Å². The Kier molecular flexibility index (Phi) is 4.99. The van der Waals surface area contributed by atoms with E-state index in [-0.39, 0.29) is 21.9 Å². The number of pyridine rings is 1. The molecule has 82 valence electrons. The van der Waals surface area contributed by atoms with Crippen molar-refractivity contribution < 1.29 is 9.53 Å². The standard InChI is InChI=1S/C8H6Cl3NO2S/c1-14-6(13)3-15-8-5(10)2-4(9)7(11)12-8/h2H,3H2,1H3. The highest BCUT2D eigenvalue weighted by Gasteiger charge is 2.10. The van der Waals surface area contributed by atoms with Crippen LogP contribution < -0.4 is 0 Å². The molecule has 1 rings (SSSR count). The number of thioether (sulfide) groups is 1. The van der Waals surface area contributed by atoms with Gasteiger partial charge < -0.3 is 4.74 Å². The van der Waals surface area contributed by atoms with Gasteiger partial charge in [-0.25, -0.2) is 4.98 Å². The van der Waals surface area contributed by atoms with Crippen molar-refractivity contribution in [2.45, 2.75) is 5.03 Å². The van der Waals surface area contributed by atoms with Crippen molar-refractivity contribution in [1.82, 2.24) is 4.98 Å². The summed E-state index contributed by atoms with van der Waals surface area (Å²) in [7, 11) is 1.31. The molecule has 0 aliphatic carbocycles. The van der Waals surface area contributed by atoms with E-state index >= 15 is 0 Å². The van der Waals surface area contributed by atoms with Gasteiger partial charge in [-0.2, -0.15) is 0 Å². The van der Waals surface area contributed by atoms with Gasteiger partial charge in [-0.3, -0.25) is 4.79 Å². The second-order valence-corrected chi connectivity index (χ2v) is 4.55. The SMILES string of the molecule is COC(=O)CSc1nc(Cl)c(Cl)cc1Cl. The van der Waals surface area contributed by atoms with Crippen LogP contribution in [0.3, 0.4) is 0 Å². The number of esters is 1. The molecule has 1 aromatic rings. The summed E-state index contributed by atoms with van der Waals surface area (Å²) >= 11 is 18.4. The molecule has 0 aliphatic heterocycles. The molecule has 0 radical (unpaired) electrons. The lowest BCUT2D eigenvalue weighted by Gasteiger charge is -2.03. The predicted octanol–water partition coefficient (Wildman–Crippen LogP) is 3.31. The summed E-state index contributed by atoms with van der Waals surface area (Å²) in [4.78, 5) is 14.8. The topological polar surface area (TPSA) is 39.2 Å². The molecule has 0 fully saturated rings. The van der Waals surface area contributed by atoms with E-state index in [0.29, 0.717) is 10.0 Å². The summed E-state index contributed by atoms with van der Waals surface area (Å²) in [5, 5.41) is 1.26. The highest BCUT2D eigenvalue weighted by molar-refractivity contribution is 8.00. The van der Waals surface area contributed by atoms with E-state index < -0.39 is 0 Å². The van der Waals surface area contributed by atoms with Crippen LogP contribution in [0.1, 0.15) is 0 Å². The Balaban J connectivity index is 2.77. The Labute approximate surface area is 106 Å². The molecule has 0 amide bonds. The van der Waals surface area contributed by atoms with Crippen LogP contribution in [-0.2, 0) is 9.53 Å². The van der Waals surface area contributed by atoms with Crippen molar-refractivity contribution in [2.24, 2.45) is 0 Å². The van der Waals surface area contributed by atoms with Crippen molar-refractivity contribution in [2.75, 3.05) is 12.9 Å². The van der Waals surface area contributed by atoms with Crippen LogP contribution in [0.4, 0.5) is 0 Å². The maximum Gasteiger partial charge on any atom is 0.316 e. The van der Waals surface area contributed by atoms with E-state index in [0.717, 1.165) is 11.8 Å². The quantitative estimate of drug-likeness (QED) is 0.485. The fourth-order valence-corrected chi connectivity index (χ4v) is 2.15. The minimum absolute atomic E-state index is 0.126. The van der Waals surface area contributed by atoms with Crippen LogP contribution in [0.25, 0.3) is 0 Å². The Morgan fingerprint density at radius 1 is 1.47 bits per heavy atom. The van der Waals surface area contributed by atoms with E-state index in [1.54, 1.807) is 0 Å². The van der Waals surface area contributed by atoms with Gasteiger partial charge >= 0.3 is 5.97 Å². The fourth-order valence-electron chi connectivity index (χ4n) is 0.716. The molecule has 0 N–H and O–H groups in total. The van der Waals surface area contributed by atoms with Gasteiger partial charge in [-0.1, -0.05) is 46.6 Å². The fraction of sp³-hybridized carbons (Fsp3) is 0.250. The highest BCUT2D eigenvalue weighted by Crippen LogP contribution is 2.31. The normalized spacial score (nSPS) is 10.1. The number of hydrogen-bond acceptors (Lipinski definition) is 4. The average Bonchev–Trinajstić information content (AvgIpc) is 2.21. The smallest absolute Gasteiger partial charge is 0.316 e. The second kappa shape index (κ2) is 5.80. The molecule has 0 spiro atoms. The minimum Gasteiger partial charge on any atom is -0.468 e. The third kappa shape index (κ3) is 3.72. The molecule has 15 heavy (non-hydrogen) atoms. The number of nitrogens with zero attached hydrogens (tertiary/aromatic N) is 1. The lowest BCUT2D eigenvalue weighted by molar-refractivity contribution is -0.137. The molecule has 0 bridgehead atoms. The van der Waals surface area contributed by atoms with Crippen LogP contribution in [0.15, 0.2) is 11.1 Å². The largest absolute Gasteiger partial charge is 0.468 e. The maximum atomic E-state index is 10.9. The zero-order valence-corrected chi connectivity index (χ0v) is 10.7. The van der Waals surface area contributed by atoms with Gasteiger partial charge in [-0.05, 0) is 6.07 Å². The van der Waals surface area contributed by atoms with Crippen molar-refractivity contribution in [3.8, 4) is 0 Å². The summed E-state index contributed by atoms with van der Waals surface area (Å²) < 4.78 is 4.48. The van der Waals surface area contributed by atoms with Crippen LogP contribution in [0.5, 0.6) is 0 Å². The third-order valence-corrected chi connectivity index (χ3v) is 3.45. The van der Waals surface area contributed by atoms with Crippen LogP contribution >= 0.6 is 46.6 Å². The Morgan fingerprint density at radius 2 is 2.13 bits per heavy atom. The Hall–Kier alpha value is -0.160. The summed E-state index contributed by atoms with van der Waals surface area (Å²) in [6.07, 6.45) is 0.